The summed E-state index contributed by atoms with van der Waals surface area (Å²) in [7, 11) is 0. The van der Waals surface area contributed by atoms with Crippen LogP contribution in [0, 0.1) is 11.3 Å². The molecule has 0 radical (unpaired) electrons. The molecule has 2 fully saturated rings. The number of ether oxygens (including phenoxy) is 1. The predicted octanol–water partition coefficient (Wildman–Crippen LogP) is 1.83. The molecule has 5 nitrogen and oxygen atoms in total. The van der Waals surface area contributed by atoms with Gasteiger partial charge in [0.1, 0.15) is 0 Å². The van der Waals surface area contributed by atoms with Crippen molar-refractivity contribution in [3.05, 3.63) is 29.8 Å². The van der Waals surface area contributed by atoms with Gasteiger partial charge in [-0.05, 0) is 37.1 Å². The number of piperidine rings is 1. The first-order valence-electron chi connectivity index (χ1n) is 8.46. The quantitative estimate of drug-likeness (QED) is 0.840. The lowest BCUT2D eigenvalue weighted by atomic mass is 9.88. The first-order chi connectivity index (χ1) is 11.0. The van der Waals surface area contributed by atoms with Gasteiger partial charge in [-0.25, -0.2) is 0 Å². The molecule has 1 atom stereocenters. The van der Waals surface area contributed by atoms with E-state index >= 15 is 0 Å². The van der Waals surface area contributed by atoms with Crippen molar-refractivity contribution in [1.82, 2.24) is 4.90 Å². The maximum absolute atomic E-state index is 11.4. The third kappa shape index (κ3) is 4.24. The van der Waals surface area contributed by atoms with Gasteiger partial charge in [-0.3, -0.25) is 9.69 Å². The summed E-state index contributed by atoms with van der Waals surface area (Å²) in [5, 5.41) is 3.49. The maximum Gasteiger partial charge on any atom is 0.221 e. The fraction of sp³-hybridized carbons (Fsp3) is 0.611. The van der Waals surface area contributed by atoms with E-state index in [1.54, 1.807) is 0 Å². The summed E-state index contributed by atoms with van der Waals surface area (Å²) in [6, 6.07) is 8.59. The van der Waals surface area contributed by atoms with Crippen LogP contribution in [0.4, 0.5) is 5.69 Å². The van der Waals surface area contributed by atoms with Crippen LogP contribution in [0.3, 0.4) is 0 Å². The second-order valence-electron chi connectivity index (χ2n) is 7.33. The van der Waals surface area contributed by atoms with Gasteiger partial charge < -0.3 is 15.8 Å². The van der Waals surface area contributed by atoms with E-state index in [0.717, 1.165) is 57.9 Å². The molecule has 0 aliphatic carbocycles. The molecule has 5 heteroatoms. The average Bonchev–Trinajstić information content (AvgIpc) is 2.53. The number of carbonyl (C=O) groups excluding carboxylic acids is 1. The molecule has 2 aliphatic rings. The van der Waals surface area contributed by atoms with Crippen LogP contribution in [-0.4, -0.2) is 43.7 Å². The van der Waals surface area contributed by atoms with Crippen LogP contribution in [0.25, 0.3) is 0 Å². The highest BCUT2D eigenvalue weighted by Crippen LogP contribution is 2.27. The van der Waals surface area contributed by atoms with E-state index in [2.05, 4.69) is 41.4 Å². The second kappa shape index (κ2) is 6.89. The number of anilines is 1. The van der Waals surface area contributed by atoms with Gasteiger partial charge >= 0.3 is 0 Å². The Kier molecular flexibility index (Phi) is 4.87. The standard InChI is InChI=1S/C18H27N3O2/c1-18(12-23-13-18)11-20-16-6-4-14(5-7-16)9-21-8-2-3-15(10-21)17(19)22/h4-7,15,20H,2-3,8-13H2,1H3,(H2,19,22). The molecule has 0 saturated carbocycles. The summed E-state index contributed by atoms with van der Waals surface area (Å²) in [6.07, 6.45) is 1.98. The number of benzene rings is 1. The molecule has 2 aliphatic heterocycles. The number of carbonyl (C=O) groups is 1. The van der Waals surface area contributed by atoms with Gasteiger partial charge in [0.05, 0.1) is 19.1 Å². The third-order valence-corrected chi connectivity index (χ3v) is 4.89. The van der Waals surface area contributed by atoms with E-state index in [9.17, 15) is 4.79 Å². The summed E-state index contributed by atoms with van der Waals surface area (Å²) in [5.74, 6) is -0.155. The first-order valence-corrected chi connectivity index (χ1v) is 8.46. The molecule has 23 heavy (non-hydrogen) atoms. The Bertz CT molecular complexity index is 540. The number of amides is 1. The maximum atomic E-state index is 11.4. The number of primary amides is 1. The number of rotatable bonds is 6. The molecule has 1 aromatic carbocycles. The molecule has 1 unspecified atom stereocenters. The molecule has 126 valence electrons. The smallest absolute Gasteiger partial charge is 0.221 e. The van der Waals surface area contributed by atoms with E-state index in [0.29, 0.717) is 0 Å². The van der Waals surface area contributed by atoms with E-state index in [1.807, 2.05) is 0 Å². The topological polar surface area (TPSA) is 67.6 Å². The lowest BCUT2D eigenvalue weighted by Gasteiger charge is -2.38. The normalized spacial score (nSPS) is 24.0. The van der Waals surface area contributed by atoms with Crippen molar-refractivity contribution in [2.75, 3.05) is 38.2 Å². The van der Waals surface area contributed by atoms with Crippen molar-refractivity contribution >= 4 is 11.6 Å². The zero-order valence-corrected chi connectivity index (χ0v) is 13.9. The zero-order valence-electron chi connectivity index (χ0n) is 13.9. The van der Waals surface area contributed by atoms with Gasteiger partial charge in [0.25, 0.3) is 0 Å². The largest absolute Gasteiger partial charge is 0.384 e. The molecule has 3 N–H and O–H groups in total. The minimum Gasteiger partial charge on any atom is -0.384 e. The van der Waals surface area contributed by atoms with Crippen LogP contribution in [0.5, 0.6) is 0 Å². The Morgan fingerprint density at radius 1 is 1.39 bits per heavy atom. The van der Waals surface area contributed by atoms with Crippen molar-refractivity contribution in [2.45, 2.75) is 26.3 Å². The second-order valence-corrected chi connectivity index (χ2v) is 7.33. The van der Waals surface area contributed by atoms with E-state index in [1.165, 1.54) is 5.56 Å². The fourth-order valence-corrected chi connectivity index (χ4v) is 3.29. The first kappa shape index (κ1) is 16.3. The van der Waals surface area contributed by atoms with Crippen LogP contribution in [0.15, 0.2) is 24.3 Å². The minimum atomic E-state index is -0.164. The minimum absolute atomic E-state index is 0.00938. The molecule has 2 heterocycles. The SMILES string of the molecule is CC1(CNc2ccc(CN3CCCC(C(N)=O)C3)cc2)COC1. The van der Waals surface area contributed by atoms with Gasteiger partial charge in [-0.2, -0.15) is 0 Å². The highest BCUT2D eigenvalue weighted by atomic mass is 16.5. The summed E-state index contributed by atoms with van der Waals surface area (Å²) in [6.45, 7) is 7.58. The molecular weight excluding hydrogens is 290 g/mol. The molecule has 1 amide bonds. The molecule has 0 spiro atoms. The lowest BCUT2D eigenvalue weighted by molar-refractivity contribution is -0.123. The van der Waals surface area contributed by atoms with Crippen molar-refractivity contribution in [3.8, 4) is 0 Å². The molecule has 0 aromatic heterocycles. The molecule has 3 rings (SSSR count). The Hall–Kier alpha value is -1.59. The van der Waals surface area contributed by atoms with Gasteiger partial charge in [0.15, 0.2) is 0 Å². The van der Waals surface area contributed by atoms with Gasteiger partial charge in [0, 0.05) is 30.7 Å². The lowest BCUT2D eigenvalue weighted by Crippen LogP contribution is -2.45. The van der Waals surface area contributed by atoms with Crippen LogP contribution in [-0.2, 0) is 16.1 Å². The highest BCUT2D eigenvalue weighted by molar-refractivity contribution is 5.76. The average molecular weight is 317 g/mol. The summed E-state index contributed by atoms with van der Waals surface area (Å²) in [4.78, 5) is 13.7. The third-order valence-electron chi connectivity index (χ3n) is 4.89. The predicted molar refractivity (Wildman–Crippen MR) is 91.1 cm³/mol. The van der Waals surface area contributed by atoms with Crippen molar-refractivity contribution in [3.63, 3.8) is 0 Å². The summed E-state index contributed by atoms with van der Waals surface area (Å²) in [5.41, 5.74) is 8.14. The van der Waals surface area contributed by atoms with Gasteiger partial charge in [-0.15, -0.1) is 0 Å². The molecule has 2 saturated heterocycles. The van der Waals surface area contributed by atoms with Crippen molar-refractivity contribution in [2.24, 2.45) is 17.1 Å². The Balaban J connectivity index is 1.50. The van der Waals surface area contributed by atoms with Crippen molar-refractivity contribution in [1.29, 1.82) is 0 Å². The fourth-order valence-electron chi connectivity index (χ4n) is 3.29. The van der Waals surface area contributed by atoms with Crippen LogP contribution >= 0.6 is 0 Å². The Morgan fingerprint density at radius 2 is 2.13 bits per heavy atom. The molecular formula is C18H27N3O2. The van der Waals surface area contributed by atoms with Gasteiger partial charge in [-0.1, -0.05) is 19.1 Å². The number of likely N-dealkylation sites (tertiary alicyclic amines) is 1. The number of nitrogens with zero attached hydrogens (tertiary/aromatic N) is 1. The van der Waals surface area contributed by atoms with E-state index in [4.69, 9.17) is 10.5 Å². The number of hydrogen-bond acceptors (Lipinski definition) is 4. The van der Waals surface area contributed by atoms with E-state index in [-0.39, 0.29) is 17.2 Å². The Labute approximate surface area is 138 Å². The van der Waals surface area contributed by atoms with Crippen molar-refractivity contribution < 1.29 is 9.53 Å². The monoisotopic (exact) mass is 317 g/mol. The molecule has 0 bridgehead atoms. The Morgan fingerprint density at radius 3 is 2.74 bits per heavy atom. The molecule has 1 aromatic rings. The summed E-state index contributed by atoms with van der Waals surface area (Å²) >= 11 is 0. The highest BCUT2D eigenvalue weighted by Gasteiger charge is 2.32. The van der Waals surface area contributed by atoms with E-state index < -0.39 is 0 Å². The van der Waals surface area contributed by atoms with Gasteiger partial charge in [0.2, 0.25) is 5.91 Å². The zero-order chi connectivity index (χ0) is 16.3. The number of hydrogen-bond donors (Lipinski definition) is 2. The summed E-state index contributed by atoms with van der Waals surface area (Å²) < 4.78 is 5.28. The van der Waals surface area contributed by atoms with Crippen LogP contribution in [0.2, 0.25) is 0 Å². The van der Waals surface area contributed by atoms with Crippen LogP contribution in [0.1, 0.15) is 25.3 Å². The van der Waals surface area contributed by atoms with Crippen LogP contribution < -0.4 is 11.1 Å². The number of nitrogens with two attached hydrogens (primary N) is 1. The number of nitrogens with one attached hydrogen (secondary N) is 1.